The SMILES string of the molecule is C=C1C(Cl)=CC=CC1Cl. The van der Waals surface area contributed by atoms with Gasteiger partial charge in [-0.1, -0.05) is 30.3 Å². The van der Waals surface area contributed by atoms with E-state index in [-0.39, 0.29) is 5.38 Å². The first-order chi connectivity index (χ1) is 4.22. The quantitative estimate of drug-likeness (QED) is 0.479. The van der Waals surface area contributed by atoms with Gasteiger partial charge in [-0.3, -0.25) is 0 Å². The maximum absolute atomic E-state index is 5.75. The van der Waals surface area contributed by atoms with Gasteiger partial charge in [0.1, 0.15) is 0 Å². The molecule has 0 aromatic heterocycles. The standard InChI is InChI=1S/C7H6Cl2/c1-5-6(8)3-2-4-7(5)9/h2-4,6H,1H2. The monoisotopic (exact) mass is 160 g/mol. The van der Waals surface area contributed by atoms with Crippen LogP contribution in [0.1, 0.15) is 0 Å². The summed E-state index contributed by atoms with van der Waals surface area (Å²) in [7, 11) is 0. The van der Waals surface area contributed by atoms with E-state index in [1.807, 2.05) is 12.2 Å². The molecule has 0 N–H and O–H groups in total. The fourth-order valence-electron chi connectivity index (χ4n) is 0.593. The van der Waals surface area contributed by atoms with Crippen LogP contribution >= 0.6 is 23.2 Å². The van der Waals surface area contributed by atoms with Gasteiger partial charge in [-0.15, -0.1) is 11.6 Å². The van der Waals surface area contributed by atoms with Gasteiger partial charge < -0.3 is 0 Å². The summed E-state index contributed by atoms with van der Waals surface area (Å²) in [6, 6.07) is 0. The van der Waals surface area contributed by atoms with E-state index in [1.54, 1.807) is 6.08 Å². The highest BCUT2D eigenvalue weighted by Gasteiger charge is 2.10. The molecule has 48 valence electrons. The Morgan fingerprint density at radius 3 is 2.67 bits per heavy atom. The molecule has 0 aliphatic heterocycles. The number of halogens is 2. The molecule has 0 nitrogen and oxygen atoms in total. The van der Waals surface area contributed by atoms with E-state index in [1.165, 1.54) is 0 Å². The van der Waals surface area contributed by atoms with E-state index in [2.05, 4.69) is 6.58 Å². The topological polar surface area (TPSA) is 0 Å². The van der Waals surface area contributed by atoms with Crippen molar-refractivity contribution in [2.45, 2.75) is 5.38 Å². The second-order valence-electron chi connectivity index (χ2n) is 1.83. The first-order valence-corrected chi connectivity index (χ1v) is 3.40. The summed E-state index contributed by atoms with van der Waals surface area (Å²) >= 11 is 11.4. The Hall–Kier alpha value is -0.200. The largest absolute Gasteiger partial charge is 0.113 e. The van der Waals surface area contributed by atoms with E-state index in [0.29, 0.717) is 5.03 Å². The van der Waals surface area contributed by atoms with Crippen LogP contribution in [0.4, 0.5) is 0 Å². The zero-order valence-electron chi connectivity index (χ0n) is 4.77. The minimum atomic E-state index is -0.123. The van der Waals surface area contributed by atoms with Crippen molar-refractivity contribution in [1.82, 2.24) is 0 Å². The fourth-order valence-corrected chi connectivity index (χ4v) is 1.04. The third-order valence-electron chi connectivity index (χ3n) is 1.16. The summed E-state index contributed by atoms with van der Waals surface area (Å²) in [6.45, 7) is 3.69. The first-order valence-electron chi connectivity index (χ1n) is 2.59. The van der Waals surface area contributed by atoms with Crippen molar-refractivity contribution in [3.63, 3.8) is 0 Å². The molecule has 0 amide bonds. The lowest BCUT2D eigenvalue weighted by atomic mass is 10.1. The molecule has 0 aromatic carbocycles. The Kier molecular flexibility index (Phi) is 1.99. The lowest BCUT2D eigenvalue weighted by Gasteiger charge is -2.09. The second-order valence-corrected chi connectivity index (χ2v) is 2.70. The fraction of sp³-hybridized carbons (Fsp3) is 0.143. The van der Waals surface area contributed by atoms with Crippen LogP contribution in [0.15, 0.2) is 35.4 Å². The van der Waals surface area contributed by atoms with Gasteiger partial charge in [-0.25, -0.2) is 0 Å². The molecule has 0 fully saturated rings. The van der Waals surface area contributed by atoms with Crippen LogP contribution in [0, 0.1) is 0 Å². The Bertz CT molecular complexity index is 189. The smallest absolute Gasteiger partial charge is 0.0777 e. The number of rotatable bonds is 0. The van der Waals surface area contributed by atoms with Crippen molar-refractivity contribution in [2.75, 3.05) is 0 Å². The molecule has 1 unspecified atom stereocenters. The Morgan fingerprint density at radius 1 is 1.56 bits per heavy atom. The highest BCUT2D eigenvalue weighted by molar-refractivity contribution is 6.34. The van der Waals surface area contributed by atoms with E-state index in [4.69, 9.17) is 23.2 Å². The summed E-state index contributed by atoms with van der Waals surface area (Å²) < 4.78 is 0. The van der Waals surface area contributed by atoms with E-state index < -0.39 is 0 Å². The molecule has 1 rings (SSSR count). The van der Waals surface area contributed by atoms with Crippen molar-refractivity contribution >= 4 is 23.2 Å². The molecule has 0 aromatic rings. The molecule has 0 heterocycles. The predicted molar refractivity (Wildman–Crippen MR) is 41.9 cm³/mol. The maximum Gasteiger partial charge on any atom is 0.0777 e. The molecular formula is C7H6Cl2. The Labute approximate surface area is 64.5 Å². The lowest BCUT2D eigenvalue weighted by Crippen LogP contribution is -2.00. The van der Waals surface area contributed by atoms with Gasteiger partial charge in [-0.05, 0) is 11.6 Å². The minimum absolute atomic E-state index is 0.123. The van der Waals surface area contributed by atoms with Crippen molar-refractivity contribution in [1.29, 1.82) is 0 Å². The van der Waals surface area contributed by atoms with Crippen LogP contribution in [0.2, 0.25) is 0 Å². The highest BCUT2D eigenvalue weighted by atomic mass is 35.5. The Morgan fingerprint density at radius 2 is 2.22 bits per heavy atom. The zero-order chi connectivity index (χ0) is 6.85. The van der Waals surface area contributed by atoms with Crippen molar-refractivity contribution in [3.05, 3.63) is 35.4 Å². The molecule has 0 radical (unpaired) electrons. The highest BCUT2D eigenvalue weighted by Crippen LogP contribution is 2.24. The molecule has 1 atom stereocenters. The average molecular weight is 161 g/mol. The molecule has 1 aliphatic carbocycles. The zero-order valence-corrected chi connectivity index (χ0v) is 6.28. The maximum atomic E-state index is 5.75. The van der Waals surface area contributed by atoms with Crippen LogP contribution in [0.25, 0.3) is 0 Å². The third kappa shape index (κ3) is 1.38. The Balaban J connectivity index is 2.86. The van der Waals surface area contributed by atoms with Crippen LogP contribution in [-0.2, 0) is 0 Å². The van der Waals surface area contributed by atoms with Gasteiger partial charge in [0.25, 0.3) is 0 Å². The van der Waals surface area contributed by atoms with Gasteiger partial charge in [0.15, 0.2) is 0 Å². The number of hydrogen-bond donors (Lipinski definition) is 0. The average Bonchev–Trinajstić information content (AvgIpc) is 1.83. The molecule has 0 spiro atoms. The second kappa shape index (κ2) is 2.59. The van der Waals surface area contributed by atoms with Gasteiger partial charge >= 0.3 is 0 Å². The third-order valence-corrected chi connectivity index (χ3v) is 1.94. The normalized spacial score (nSPS) is 26.2. The number of allylic oxidation sites excluding steroid dienone is 5. The first kappa shape index (κ1) is 6.91. The summed E-state index contributed by atoms with van der Waals surface area (Å²) in [6.07, 6.45) is 5.45. The van der Waals surface area contributed by atoms with Crippen LogP contribution < -0.4 is 0 Å². The summed E-state index contributed by atoms with van der Waals surface area (Å²) in [4.78, 5) is 0. The summed E-state index contributed by atoms with van der Waals surface area (Å²) in [5.74, 6) is 0. The molecule has 9 heavy (non-hydrogen) atoms. The van der Waals surface area contributed by atoms with Gasteiger partial charge in [0, 0.05) is 5.03 Å². The van der Waals surface area contributed by atoms with Crippen LogP contribution in [-0.4, -0.2) is 5.38 Å². The van der Waals surface area contributed by atoms with E-state index in [0.717, 1.165) is 5.57 Å². The van der Waals surface area contributed by atoms with Gasteiger partial charge in [-0.2, -0.15) is 0 Å². The molecule has 0 bridgehead atoms. The number of alkyl halides is 1. The molecule has 0 saturated carbocycles. The molecule has 0 saturated heterocycles. The van der Waals surface area contributed by atoms with E-state index in [9.17, 15) is 0 Å². The summed E-state index contributed by atoms with van der Waals surface area (Å²) in [5, 5.41) is 0.528. The molecule has 2 heteroatoms. The summed E-state index contributed by atoms with van der Waals surface area (Å²) in [5.41, 5.74) is 0.779. The van der Waals surface area contributed by atoms with Gasteiger partial charge in [0.2, 0.25) is 0 Å². The van der Waals surface area contributed by atoms with Crippen LogP contribution in [0.3, 0.4) is 0 Å². The lowest BCUT2D eigenvalue weighted by molar-refractivity contribution is 1.27. The molecular weight excluding hydrogens is 155 g/mol. The van der Waals surface area contributed by atoms with E-state index >= 15 is 0 Å². The van der Waals surface area contributed by atoms with Crippen molar-refractivity contribution in [2.24, 2.45) is 0 Å². The number of hydrogen-bond acceptors (Lipinski definition) is 0. The van der Waals surface area contributed by atoms with Gasteiger partial charge in [0.05, 0.1) is 5.38 Å². The minimum Gasteiger partial charge on any atom is -0.113 e. The van der Waals surface area contributed by atoms with Crippen molar-refractivity contribution in [3.8, 4) is 0 Å². The van der Waals surface area contributed by atoms with Crippen molar-refractivity contribution < 1.29 is 0 Å². The molecule has 1 aliphatic rings. The van der Waals surface area contributed by atoms with Crippen LogP contribution in [0.5, 0.6) is 0 Å². The predicted octanol–water partition coefficient (Wildman–Crippen LogP) is 2.84.